The molecule has 146 valence electrons. The Kier molecular flexibility index (Phi) is 6.58. The van der Waals surface area contributed by atoms with Crippen LogP contribution in [0.5, 0.6) is 0 Å². The second kappa shape index (κ2) is 9.11. The SMILES string of the molecule is CCCCC(CC)C(=O)Nc1cc(-c2nnc3n2CCCCC3)ccc1F. The van der Waals surface area contributed by atoms with E-state index in [0.29, 0.717) is 0 Å². The summed E-state index contributed by atoms with van der Waals surface area (Å²) in [5.41, 5.74) is 1.01. The van der Waals surface area contributed by atoms with Gasteiger partial charge in [-0.2, -0.15) is 0 Å². The zero-order valence-corrected chi connectivity index (χ0v) is 16.3. The molecule has 0 saturated heterocycles. The van der Waals surface area contributed by atoms with Gasteiger partial charge < -0.3 is 9.88 Å². The predicted molar refractivity (Wildman–Crippen MR) is 105 cm³/mol. The number of rotatable bonds is 7. The van der Waals surface area contributed by atoms with E-state index in [1.807, 2.05) is 6.92 Å². The predicted octanol–water partition coefficient (Wildman–Crippen LogP) is 4.97. The Labute approximate surface area is 160 Å². The number of nitrogens with one attached hydrogen (secondary N) is 1. The Morgan fingerprint density at radius 1 is 1.26 bits per heavy atom. The number of carbonyl (C=O) groups excluding carboxylic acids is 1. The molecule has 0 spiro atoms. The van der Waals surface area contributed by atoms with Crippen molar-refractivity contribution >= 4 is 11.6 Å². The van der Waals surface area contributed by atoms with Crippen LogP contribution >= 0.6 is 0 Å². The summed E-state index contributed by atoms with van der Waals surface area (Å²) in [6, 6.07) is 4.79. The zero-order chi connectivity index (χ0) is 19.2. The van der Waals surface area contributed by atoms with Gasteiger partial charge in [0.05, 0.1) is 5.69 Å². The molecular weight excluding hydrogens is 343 g/mol. The molecule has 1 aromatic carbocycles. The largest absolute Gasteiger partial charge is 0.323 e. The van der Waals surface area contributed by atoms with Crippen LogP contribution in [0.2, 0.25) is 0 Å². The molecule has 1 aliphatic rings. The van der Waals surface area contributed by atoms with Gasteiger partial charge in [0.2, 0.25) is 5.91 Å². The lowest BCUT2D eigenvalue weighted by Crippen LogP contribution is -2.23. The second-order valence-electron chi connectivity index (χ2n) is 7.33. The first-order valence-electron chi connectivity index (χ1n) is 10.2. The maximum atomic E-state index is 14.3. The summed E-state index contributed by atoms with van der Waals surface area (Å²) in [6.45, 7) is 4.99. The van der Waals surface area contributed by atoms with E-state index >= 15 is 0 Å². The number of aryl methyl sites for hydroxylation is 1. The number of unbranched alkanes of at least 4 members (excludes halogenated alkanes) is 1. The zero-order valence-electron chi connectivity index (χ0n) is 16.3. The second-order valence-corrected chi connectivity index (χ2v) is 7.33. The van der Waals surface area contributed by atoms with Crippen molar-refractivity contribution in [3.63, 3.8) is 0 Å². The van der Waals surface area contributed by atoms with Crippen molar-refractivity contribution in [2.24, 2.45) is 5.92 Å². The molecule has 0 radical (unpaired) electrons. The topological polar surface area (TPSA) is 59.8 Å². The molecule has 5 nitrogen and oxygen atoms in total. The first kappa shape index (κ1) is 19.5. The van der Waals surface area contributed by atoms with Gasteiger partial charge in [-0.3, -0.25) is 4.79 Å². The van der Waals surface area contributed by atoms with Gasteiger partial charge in [0.25, 0.3) is 0 Å². The lowest BCUT2D eigenvalue weighted by Gasteiger charge is -2.15. The summed E-state index contributed by atoms with van der Waals surface area (Å²) in [5.74, 6) is 1.12. The molecule has 0 fully saturated rings. The number of hydrogen-bond donors (Lipinski definition) is 1. The van der Waals surface area contributed by atoms with E-state index in [4.69, 9.17) is 0 Å². The number of nitrogens with zero attached hydrogens (tertiary/aromatic N) is 3. The van der Waals surface area contributed by atoms with Crippen LogP contribution in [-0.2, 0) is 17.8 Å². The van der Waals surface area contributed by atoms with Crippen molar-refractivity contribution < 1.29 is 9.18 Å². The van der Waals surface area contributed by atoms with Crippen molar-refractivity contribution in [3.05, 3.63) is 29.8 Å². The molecule has 1 aliphatic heterocycles. The number of amides is 1. The molecule has 2 heterocycles. The van der Waals surface area contributed by atoms with Gasteiger partial charge in [-0.1, -0.05) is 33.1 Å². The minimum absolute atomic E-state index is 0.0858. The summed E-state index contributed by atoms with van der Waals surface area (Å²) in [6.07, 6.45) is 7.96. The Hall–Kier alpha value is -2.24. The quantitative estimate of drug-likeness (QED) is 0.747. The Morgan fingerprint density at radius 3 is 2.89 bits per heavy atom. The average Bonchev–Trinajstić information content (AvgIpc) is 2.92. The highest BCUT2D eigenvalue weighted by molar-refractivity contribution is 5.93. The maximum absolute atomic E-state index is 14.3. The molecule has 1 N–H and O–H groups in total. The van der Waals surface area contributed by atoms with Crippen LogP contribution in [0.25, 0.3) is 11.4 Å². The highest BCUT2D eigenvalue weighted by atomic mass is 19.1. The smallest absolute Gasteiger partial charge is 0.227 e. The fourth-order valence-corrected chi connectivity index (χ4v) is 3.66. The van der Waals surface area contributed by atoms with E-state index in [2.05, 4.69) is 27.0 Å². The number of fused-ring (bicyclic) bond motifs is 1. The fourth-order valence-electron chi connectivity index (χ4n) is 3.66. The average molecular weight is 372 g/mol. The molecular formula is C21H29FN4O. The van der Waals surface area contributed by atoms with E-state index < -0.39 is 5.82 Å². The van der Waals surface area contributed by atoms with E-state index in [0.717, 1.165) is 68.7 Å². The van der Waals surface area contributed by atoms with Crippen LogP contribution in [0.15, 0.2) is 18.2 Å². The first-order chi connectivity index (χ1) is 13.1. The highest BCUT2D eigenvalue weighted by Crippen LogP contribution is 2.27. The molecule has 3 rings (SSSR count). The van der Waals surface area contributed by atoms with Gasteiger partial charge in [-0.15, -0.1) is 10.2 Å². The summed E-state index contributed by atoms with van der Waals surface area (Å²) in [7, 11) is 0. The van der Waals surface area contributed by atoms with Crippen molar-refractivity contribution in [2.75, 3.05) is 5.32 Å². The number of anilines is 1. The summed E-state index contributed by atoms with van der Waals surface area (Å²) in [5, 5.41) is 11.4. The van der Waals surface area contributed by atoms with E-state index in [1.54, 1.807) is 12.1 Å². The molecule has 1 amide bonds. The summed E-state index contributed by atoms with van der Waals surface area (Å²) < 4.78 is 16.5. The Bertz CT molecular complexity index is 786. The van der Waals surface area contributed by atoms with E-state index in [9.17, 15) is 9.18 Å². The summed E-state index contributed by atoms with van der Waals surface area (Å²) >= 11 is 0. The number of halogens is 1. The first-order valence-corrected chi connectivity index (χ1v) is 10.2. The lowest BCUT2D eigenvalue weighted by molar-refractivity contribution is -0.120. The van der Waals surface area contributed by atoms with Crippen molar-refractivity contribution in [1.29, 1.82) is 0 Å². The van der Waals surface area contributed by atoms with Gasteiger partial charge in [0.1, 0.15) is 11.6 Å². The monoisotopic (exact) mass is 372 g/mol. The van der Waals surface area contributed by atoms with Crippen molar-refractivity contribution in [2.45, 2.75) is 71.8 Å². The van der Waals surface area contributed by atoms with Crippen LogP contribution in [0.4, 0.5) is 10.1 Å². The normalized spacial score (nSPS) is 15.1. The Balaban J connectivity index is 1.83. The molecule has 0 aliphatic carbocycles. The van der Waals surface area contributed by atoms with Crippen LogP contribution in [0, 0.1) is 11.7 Å². The Morgan fingerprint density at radius 2 is 2.11 bits per heavy atom. The molecule has 0 bridgehead atoms. The van der Waals surface area contributed by atoms with Crippen LogP contribution in [-0.4, -0.2) is 20.7 Å². The van der Waals surface area contributed by atoms with E-state index in [1.165, 1.54) is 12.5 Å². The number of aromatic nitrogens is 3. The van der Waals surface area contributed by atoms with Crippen molar-refractivity contribution in [3.8, 4) is 11.4 Å². The van der Waals surface area contributed by atoms with Crippen LogP contribution < -0.4 is 5.32 Å². The molecule has 1 atom stereocenters. The van der Waals surface area contributed by atoms with Gasteiger partial charge in [0.15, 0.2) is 5.82 Å². The highest BCUT2D eigenvalue weighted by Gasteiger charge is 2.20. The van der Waals surface area contributed by atoms with Crippen LogP contribution in [0.1, 0.15) is 64.6 Å². The van der Waals surface area contributed by atoms with Gasteiger partial charge in [-0.25, -0.2) is 4.39 Å². The lowest BCUT2D eigenvalue weighted by atomic mass is 9.98. The molecule has 0 saturated carbocycles. The molecule has 1 unspecified atom stereocenters. The summed E-state index contributed by atoms with van der Waals surface area (Å²) in [4.78, 5) is 12.6. The van der Waals surface area contributed by atoms with Crippen molar-refractivity contribution in [1.82, 2.24) is 14.8 Å². The van der Waals surface area contributed by atoms with Gasteiger partial charge in [-0.05, 0) is 43.9 Å². The standard InChI is InChI=1S/C21H29FN4O/c1-3-5-9-15(4-2)21(27)23-18-14-16(11-12-17(18)22)20-25-24-19-10-7-6-8-13-26(19)20/h11-12,14-15H,3-10,13H2,1-2H3,(H,23,27). The number of benzene rings is 1. The fraction of sp³-hybridized carbons (Fsp3) is 0.571. The van der Waals surface area contributed by atoms with E-state index in [-0.39, 0.29) is 17.5 Å². The third-order valence-electron chi connectivity index (χ3n) is 5.36. The third-order valence-corrected chi connectivity index (χ3v) is 5.36. The number of carbonyl (C=O) groups is 1. The molecule has 2 aromatic rings. The third kappa shape index (κ3) is 4.54. The molecule has 6 heteroatoms. The van der Waals surface area contributed by atoms with Gasteiger partial charge >= 0.3 is 0 Å². The van der Waals surface area contributed by atoms with Crippen LogP contribution in [0.3, 0.4) is 0 Å². The van der Waals surface area contributed by atoms with Gasteiger partial charge in [0, 0.05) is 24.4 Å². The molecule has 27 heavy (non-hydrogen) atoms. The maximum Gasteiger partial charge on any atom is 0.227 e. The molecule has 1 aromatic heterocycles. The minimum Gasteiger partial charge on any atom is -0.323 e. The minimum atomic E-state index is -0.423. The number of hydrogen-bond acceptors (Lipinski definition) is 3.